The van der Waals surface area contributed by atoms with Crippen LogP contribution in [0.5, 0.6) is 0 Å². The summed E-state index contributed by atoms with van der Waals surface area (Å²) in [5.74, 6) is 4.02. The Kier molecular flexibility index (Phi) is 6.71. The summed E-state index contributed by atoms with van der Waals surface area (Å²) < 4.78 is 0. The van der Waals surface area contributed by atoms with Crippen molar-refractivity contribution in [3.05, 3.63) is 11.6 Å². The van der Waals surface area contributed by atoms with Gasteiger partial charge in [-0.3, -0.25) is 0 Å². The molecule has 0 spiro atoms. The van der Waals surface area contributed by atoms with E-state index in [-0.39, 0.29) is 5.41 Å². The Balaban J connectivity index is 1.56. The first-order chi connectivity index (χ1) is 15.0. The third-order valence-electron chi connectivity index (χ3n) is 11.5. The summed E-state index contributed by atoms with van der Waals surface area (Å²) >= 11 is 0. The van der Waals surface area contributed by atoms with Gasteiger partial charge < -0.3 is 15.3 Å². The second kappa shape index (κ2) is 8.68. The molecule has 3 heteroatoms. The van der Waals surface area contributed by atoms with E-state index in [1.54, 1.807) is 0 Å². The van der Waals surface area contributed by atoms with Crippen LogP contribution in [0.4, 0.5) is 0 Å². The summed E-state index contributed by atoms with van der Waals surface area (Å²) in [6, 6.07) is 0. The molecule has 0 bridgehead atoms. The van der Waals surface area contributed by atoms with Crippen molar-refractivity contribution in [2.75, 3.05) is 0 Å². The molecule has 0 heterocycles. The lowest BCUT2D eigenvalue weighted by Gasteiger charge is -2.62. The molecule has 2 unspecified atom stereocenters. The summed E-state index contributed by atoms with van der Waals surface area (Å²) in [7, 11) is 0. The van der Waals surface area contributed by atoms with Gasteiger partial charge in [0.1, 0.15) is 11.7 Å². The first-order valence-corrected chi connectivity index (χ1v) is 13.8. The second-order valence-corrected chi connectivity index (χ2v) is 13.2. The normalized spacial score (nSPS) is 47.9. The highest BCUT2D eigenvalue weighted by Gasteiger charge is 2.64. The fraction of sp³-hybridized carbons (Fsp3) is 0.931. The zero-order valence-corrected chi connectivity index (χ0v) is 21.6. The fourth-order valence-electron chi connectivity index (χ4n) is 9.21. The van der Waals surface area contributed by atoms with Crippen molar-refractivity contribution in [3.63, 3.8) is 0 Å². The molecule has 3 N–H and O–H groups in total. The van der Waals surface area contributed by atoms with Gasteiger partial charge in [-0.15, -0.1) is 0 Å². The zero-order chi connectivity index (χ0) is 23.5. The topological polar surface area (TPSA) is 60.7 Å². The lowest BCUT2D eigenvalue weighted by Crippen LogP contribution is -2.65. The van der Waals surface area contributed by atoms with Crippen LogP contribution in [0, 0.1) is 46.3 Å². The predicted octanol–water partition coefficient (Wildman–Crippen LogP) is 6.11. The van der Waals surface area contributed by atoms with Gasteiger partial charge in [-0.05, 0) is 85.9 Å². The van der Waals surface area contributed by atoms with Crippen molar-refractivity contribution in [1.29, 1.82) is 0 Å². The molecule has 3 nitrogen and oxygen atoms in total. The average Bonchev–Trinajstić information content (AvgIpc) is 3.08. The van der Waals surface area contributed by atoms with Gasteiger partial charge in [0.2, 0.25) is 0 Å². The van der Waals surface area contributed by atoms with Gasteiger partial charge in [-0.2, -0.15) is 0 Å². The number of fused-ring (bicyclic) bond motifs is 5. The van der Waals surface area contributed by atoms with E-state index in [2.05, 4.69) is 41.5 Å². The molecule has 32 heavy (non-hydrogen) atoms. The molecule has 3 fully saturated rings. The summed E-state index contributed by atoms with van der Waals surface area (Å²) in [5.41, 5.74) is 0.259. The van der Waals surface area contributed by atoms with Gasteiger partial charge >= 0.3 is 0 Å². The average molecular weight is 447 g/mol. The van der Waals surface area contributed by atoms with E-state index in [0.717, 1.165) is 42.9 Å². The van der Waals surface area contributed by atoms with Gasteiger partial charge in [0.25, 0.3) is 0 Å². The molecule has 4 aliphatic carbocycles. The summed E-state index contributed by atoms with van der Waals surface area (Å²) in [5, 5.41) is 33.0. The van der Waals surface area contributed by atoms with E-state index >= 15 is 0 Å². The molecule has 0 aromatic heterocycles. The van der Waals surface area contributed by atoms with E-state index in [1.807, 2.05) is 6.08 Å². The van der Waals surface area contributed by atoms with Crippen LogP contribution >= 0.6 is 0 Å². The maximum Gasteiger partial charge on any atom is 0.102 e. The first kappa shape index (κ1) is 24.7. The van der Waals surface area contributed by atoms with Crippen molar-refractivity contribution >= 4 is 0 Å². The summed E-state index contributed by atoms with van der Waals surface area (Å²) in [6.07, 6.45) is 11.4. The lowest BCUT2D eigenvalue weighted by molar-refractivity contribution is -0.210. The third kappa shape index (κ3) is 3.64. The van der Waals surface area contributed by atoms with E-state index in [9.17, 15) is 15.3 Å². The van der Waals surface area contributed by atoms with E-state index < -0.39 is 17.8 Å². The molecular formula is C29H50O3. The highest BCUT2D eigenvalue weighted by Crippen LogP contribution is 2.67. The molecule has 0 aromatic rings. The second-order valence-electron chi connectivity index (χ2n) is 13.2. The highest BCUT2D eigenvalue weighted by atomic mass is 16.3. The minimum atomic E-state index is -1.19. The Hall–Kier alpha value is -0.380. The monoisotopic (exact) mass is 446 g/mol. The maximum atomic E-state index is 11.6. The third-order valence-corrected chi connectivity index (χ3v) is 11.5. The smallest absolute Gasteiger partial charge is 0.102 e. The zero-order valence-electron chi connectivity index (χ0n) is 21.6. The first-order valence-electron chi connectivity index (χ1n) is 13.8. The maximum absolute atomic E-state index is 11.6. The Morgan fingerprint density at radius 2 is 1.69 bits per heavy atom. The van der Waals surface area contributed by atoms with Crippen LogP contribution in [-0.4, -0.2) is 33.1 Å². The molecule has 0 aliphatic heterocycles. The molecule has 0 radical (unpaired) electrons. The quantitative estimate of drug-likeness (QED) is 0.431. The van der Waals surface area contributed by atoms with Crippen molar-refractivity contribution in [1.82, 2.24) is 0 Å². The van der Waals surface area contributed by atoms with Crippen LogP contribution in [0.2, 0.25) is 0 Å². The van der Waals surface area contributed by atoms with Crippen LogP contribution in [0.25, 0.3) is 0 Å². The van der Waals surface area contributed by atoms with Crippen LogP contribution in [0.15, 0.2) is 11.6 Å². The van der Waals surface area contributed by atoms with Crippen molar-refractivity contribution in [2.24, 2.45) is 46.3 Å². The largest absolute Gasteiger partial charge is 0.393 e. The number of aliphatic hydroxyl groups excluding tert-OH is 2. The number of hydrogen-bond acceptors (Lipinski definition) is 3. The van der Waals surface area contributed by atoms with Crippen LogP contribution in [0.3, 0.4) is 0 Å². The van der Waals surface area contributed by atoms with Crippen molar-refractivity contribution in [2.45, 2.75) is 124 Å². The number of allylic oxidation sites excluding steroid dienone is 1. The Labute approximate surface area is 197 Å². The van der Waals surface area contributed by atoms with Gasteiger partial charge in [0.15, 0.2) is 0 Å². The minimum absolute atomic E-state index is 0.307. The van der Waals surface area contributed by atoms with Crippen LogP contribution < -0.4 is 0 Å². The Bertz CT molecular complexity index is 715. The summed E-state index contributed by atoms with van der Waals surface area (Å²) in [6.45, 7) is 14.3. The minimum Gasteiger partial charge on any atom is -0.393 e. The molecular weight excluding hydrogens is 396 g/mol. The van der Waals surface area contributed by atoms with Crippen molar-refractivity contribution < 1.29 is 15.3 Å². The lowest BCUT2D eigenvalue weighted by atomic mass is 9.45. The van der Waals surface area contributed by atoms with Gasteiger partial charge in [-0.1, -0.05) is 66.0 Å². The SMILES string of the molecule is CC[C@H](CC[C@@H](C)[C@H]1CCC2C3=C[C@@H](O)[C@@]4(O)C[C@@H](O)CC[C@]4(C)C3CC[C@@]21C)C(C)C. The van der Waals surface area contributed by atoms with E-state index in [1.165, 1.54) is 44.1 Å². The molecule has 4 aliphatic rings. The number of rotatable bonds is 6. The van der Waals surface area contributed by atoms with Gasteiger partial charge in [0.05, 0.1) is 6.10 Å². The Morgan fingerprint density at radius 1 is 0.969 bits per heavy atom. The number of hydrogen-bond donors (Lipinski definition) is 3. The van der Waals surface area contributed by atoms with Crippen LogP contribution in [0.1, 0.15) is 106 Å². The van der Waals surface area contributed by atoms with Crippen molar-refractivity contribution in [3.8, 4) is 0 Å². The Morgan fingerprint density at radius 3 is 2.34 bits per heavy atom. The number of aliphatic hydroxyl groups is 3. The fourth-order valence-corrected chi connectivity index (χ4v) is 9.21. The van der Waals surface area contributed by atoms with Gasteiger partial charge in [0, 0.05) is 11.8 Å². The summed E-state index contributed by atoms with van der Waals surface area (Å²) in [4.78, 5) is 0. The molecule has 10 atom stereocenters. The van der Waals surface area contributed by atoms with Gasteiger partial charge in [-0.25, -0.2) is 0 Å². The molecule has 3 saturated carbocycles. The van der Waals surface area contributed by atoms with E-state index in [0.29, 0.717) is 23.7 Å². The molecule has 184 valence electrons. The molecule has 0 amide bonds. The van der Waals surface area contributed by atoms with E-state index in [4.69, 9.17) is 0 Å². The standard InChI is InChI=1S/C29H50O3/c1-7-20(18(2)3)9-8-19(4)23-10-11-24-22-16-26(31)29(32)17-21(30)12-15-28(29,6)25(22)13-14-27(23,24)5/h16,18-21,23-26,30-32H,7-15,17H2,1-6H3/t19-,20-,21+,23-,24?,25?,26-,27-,28-,29+/m1/s1. The highest BCUT2D eigenvalue weighted by molar-refractivity contribution is 5.33. The van der Waals surface area contributed by atoms with Crippen LogP contribution in [-0.2, 0) is 0 Å². The molecule has 0 saturated heterocycles. The molecule has 0 aromatic carbocycles. The predicted molar refractivity (Wildman–Crippen MR) is 131 cm³/mol. The molecule has 4 rings (SSSR count).